The van der Waals surface area contributed by atoms with Gasteiger partial charge in [0.2, 0.25) is 0 Å². The van der Waals surface area contributed by atoms with Gasteiger partial charge in [0.05, 0.1) is 23.7 Å². The van der Waals surface area contributed by atoms with Crippen LogP contribution in [0.1, 0.15) is 5.69 Å². The van der Waals surface area contributed by atoms with E-state index in [4.69, 9.17) is 5.11 Å². The van der Waals surface area contributed by atoms with Gasteiger partial charge in [-0.05, 0) is 18.2 Å². The standard InChI is InChI=1S/C14H17FN2O6/c15-6-1-2-7-8(3-6)17-14(23)9(16-7)4-10(19)12(21)13(22)11(20)5-18/h1-3,10-13,18-22H,4-5H2,(H,17,23)/t10-,11-,12-,13?/m1/s1. The van der Waals surface area contributed by atoms with Gasteiger partial charge in [-0.15, -0.1) is 0 Å². The Morgan fingerprint density at radius 2 is 1.78 bits per heavy atom. The molecule has 8 nitrogen and oxygen atoms in total. The fourth-order valence-corrected chi connectivity index (χ4v) is 2.12. The van der Waals surface area contributed by atoms with Crippen molar-refractivity contribution in [2.24, 2.45) is 0 Å². The molecule has 1 aromatic carbocycles. The Balaban J connectivity index is 2.22. The van der Waals surface area contributed by atoms with Crippen molar-refractivity contribution >= 4 is 11.0 Å². The van der Waals surface area contributed by atoms with Crippen molar-refractivity contribution in [3.8, 4) is 0 Å². The zero-order chi connectivity index (χ0) is 17.1. The van der Waals surface area contributed by atoms with Crippen molar-refractivity contribution in [3.63, 3.8) is 0 Å². The van der Waals surface area contributed by atoms with Gasteiger partial charge in [0.25, 0.3) is 5.56 Å². The smallest absolute Gasteiger partial charge is 0.270 e. The SMILES string of the molecule is O=c1[nH]c2cc(F)ccc2nc1C[C@@H](O)[C@@H](O)C(O)[C@H](O)CO. The van der Waals surface area contributed by atoms with Crippen LogP contribution in [0.5, 0.6) is 0 Å². The van der Waals surface area contributed by atoms with Gasteiger partial charge in [-0.3, -0.25) is 4.79 Å². The molecular formula is C14H17FN2O6. The maximum absolute atomic E-state index is 13.1. The molecule has 2 rings (SSSR count). The van der Waals surface area contributed by atoms with Crippen molar-refractivity contribution in [1.82, 2.24) is 9.97 Å². The molecule has 4 atom stereocenters. The molecule has 23 heavy (non-hydrogen) atoms. The minimum Gasteiger partial charge on any atom is -0.394 e. The zero-order valence-electron chi connectivity index (χ0n) is 11.9. The molecule has 0 bridgehead atoms. The van der Waals surface area contributed by atoms with Crippen molar-refractivity contribution < 1.29 is 29.9 Å². The van der Waals surface area contributed by atoms with E-state index < -0.39 is 48.8 Å². The summed E-state index contributed by atoms with van der Waals surface area (Å²) in [6.07, 6.45) is -7.21. The molecular weight excluding hydrogens is 311 g/mol. The fourth-order valence-electron chi connectivity index (χ4n) is 2.12. The predicted molar refractivity (Wildman–Crippen MR) is 77.1 cm³/mol. The number of hydrogen-bond acceptors (Lipinski definition) is 7. The minimum absolute atomic E-state index is 0.124. The summed E-state index contributed by atoms with van der Waals surface area (Å²) in [5.74, 6) is -0.542. The number of hydrogen-bond donors (Lipinski definition) is 6. The van der Waals surface area contributed by atoms with Gasteiger partial charge in [-0.25, -0.2) is 9.37 Å². The second kappa shape index (κ2) is 7.11. The summed E-state index contributed by atoms with van der Waals surface area (Å²) >= 11 is 0. The predicted octanol–water partition coefficient (Wildman–Crippen LogP) is -1.96. The molecule has 1 aromatic heterocycles. The van der Waals surface area contributed by atoms with E-state index in [-0.39, 0.29) is 11.2 Å². The van der Waals surface area contributed by atoms with Crippen molar-refractivity contribution in [1.29, 1.82) is 0 Å². The van der Waals surface area contributed by atoms with E-state index in [0.717, 1.165) is 12.1 Å². The van der Waals surface area contributed by atoms with Crippen molar-refractivity contribution in [3.05, 3.63) is 40.1 Å². The maximum Gasteiger partial charge on any atom is 0.270 e. The number of nitrogens with zero attached hydrogens (tertiary/aromatic N) is 1. The monoisotopic (exact) mass is 328 g/mol. The quantitative estimate of drug-likeness (QED) is 0.361. The molecule has 0 aliphatic carbocycles. The summed E-state index contributed by atoms with van der Waals surface area (Å²) in [5, 5.41) is 47.1. The molecule has 1 heterocycles. The van der Waals surface area contributed by atoms with Gasteiger partial charge in [0.1, 0.15) is 29.8 Å². The number of aromatic amines is 1. The number of H-pyrrole nitrogens is 1. The molecule has 0 aliphatic rings. The Morgan fingerprint density at radius 3 is 2.43 bits per heavy atom. The third-order valence-corrected chi connectivity index (χ3v) is 3.45. The molecule has 0 aliphatic heterocycles. The molecule has 126 valence electrons. The molecule has 1 unspecified atom stereocenters. The molecule has 9 heteroatoms. The number of benzene rings is 1. The Morgan fingerprint density at radius 1 is 1.13 bits per heavy atom. The Hall–Kier alpha value is -1.91. The molecule has 2 aromatic rings. The number of halogens is 1. The second-order valence-electron chi connectivity index (χ2n) is 5.18. The molecule has 0 saturated carbocycles. The highest BCUT2D eigenvalue weighted by Crippen LogP contribution is 2.12. The number of nitrogens with one attached hydrogen (secondary N) is 1. The summed E-state index contributed by atoms with van der Waals surface area (Å²) in [4.78, 5) is 18.3. The minimum atomic E-state index is -1.79. The van der Waals surface area contributed by atoms with E-state index >= 15 is 0 Å². The van der Waals surface area contributed by atoms with Gasteiger partial charge in [0, 0.05) is 6.42 Å². The first-order chi connectivity index (χ1) is 10.8. The lowest BCUT2D eigenvalue weighted by Crippen LogP contribution is -2.47. The lowest BCUT2D eigenvalue weighted by molar-refractivity contribution is -0.114. The van der Waals surface area contributed by atoms with Crippen molar-refractivity contribution in [2.45, 2.75) is 30.8 Å². The fraction of sp³-hybridized carbons (Fsp3) is 0.429. The summed E-state index contributed by atoms with van der Waals surface area (Å²) in [5.41, 5.74) is -0.323. The summed E-state index contributed by atoms with van der Waals surface area (Å²) in [6, 6.07) is 3.60. The average Bonchev–Trinajstić information content (AvgIpc) is 2.53. The Bertz CT molecular complexity index is 737. The van der Waals surface area contributed by atoms with Gasteiger partial charge < -0.3 is 30.5 Å². The van der Waals surface area contributed by atoms with Crippen LogP contribution in [0, 0.1) is 5.82 Å². The number of aliphatic hydroxyl groups excluding tert-OH is 5. The molecule has 0 spiro atoms. The number of aromatic nitrogens is 2. The number of rotatable bonds is 6. The second-order valence-corrected chi connectivity index (χ2v) is 5.18. The first kappa shape index (κ1) is 17.4. The van der Waals surface area contributed by atoms with E-state index in [1.807, 2.05) is 0 Å². The third-order valence-electron chi connectivity index (χ3n) is 3.45. The molecule has 0 radical (unpaired) electrons. The van der Waals surface area contributed by atoms with Crippen LogP contribution in [0.25, 0.3) is 11.0 Å². The maximum atomic E-state index is 13.1. The summed E-state index contributed by atoms with van der Waals surface area (Å²) < 4.78 is 13.1. The highest BCUT2D eigenvalue weighted by Gasteiger charge is 2.30. The largest absolute Gasteiger partial charge is 0.394 e. The average molecular weight is 328 g/mol. The van der Waals surface area contributed by atoms with E-state index in [1.54, 1.807) is 0 Å². The van der Waals surface area contributed by atoms with E-state index in [0.29, 0.717) is 5.52 Å². The van der Waals surface area contributed by atoms with E-state index in [9.17, 15) is 29.6 Å². The number of aliphatic hydroxyl groups is 5. The van der Waals surface area contributed by atoms with Crippen LogP contribution in [-0.2, 0) is 6.42 Å². The van der Waals surface area contributed by atoms with Crippen LogP contribution in [0.4, 0.5) is 4.39 Å². The molecule has 6 N–H and O–H groups in total. The van der Waals surface area contributed by atoms with E-state index in [1.165, 1.54) is 6.07 Å². The molecule has 0 fully saturated rings. The van der Waals surface area contributed by atoms with Gasteiger partial charge in [-0.1, -0.05) is 0 Å². The van der Waals surface area contributed by atoms with Crippen LogP contribution in [-0.4, -0.2) is 66.5 Å². The lowest BCUT2D eigenvalue weighted by atomic mass is 10.00. The molecule has 0 saturated heterocycles. The van der Waals surface area contributed by atoms with Gasteiger partial charge in [0.15, 0.2) is 0 Å². The molecule has 0 amide bonds. The zero-order valence-corrected chi connectivity index (χ0v) is 11.9. The Kier molecular flexibility index (Phi) is 5.39. The van der Waals surface area contributed by atoms with Gasteiger partial charge in [-0.2, -0.15) is 0 Å². The third kappa shape index (κ3) is 3.89. The van der Waals surface area contributed by atoms with E-state index in [2.05, 4.69) is 9.97 Å². The summed E-state index contributed by atoms with van der Waals surface area (Å²) in [7, 11) is 0. The Labute approximate surface area is 129 Å². The normalized spacial score (nSPS) is 17.0. The van der Waals surface area contributed by atoms with Gasteiger partial charge >= 0.3 is 0 Å². The van der Waals surface area contributed by atoms with Crippen LogP contribution in [0.15, 0.2) is 23.0 Å². The number of fused-ring (bicyclic) bond motifs is 1. The lowest BCUT2D eigenvalue weighted by Gasteiger charge is -2.25. The van der Waals surface area contributed by atoms with Crippen molar-refractivity contribution in [2.75, 3.05) is 6.61 Å². The van der Waals surface area contributed by atoms with Crippen LogP contribution in [0.3, 0.4) is 0 Å². The van der Waals surface area contributed by atoms with Crippen LogP contribution in [0.2, 0.25) is 0 Å². The van der Waals surface area contributed by atoms with Crippen LogP contribution < -0.4 is 5.56 Å². The topological polar surface area (TPSA) is 147 Å². The van der Waals surface area contributed by atoms with Crippen LogP contribution >= 0.6 is 0 Å². The highest BCUT2D eigenvalue weighted by molar-refractivity contribution is 5.73. The first-order valence-electron chi connectivity index (χ1n) is 6.85. The highest BCUT2D eigenvalue weighted by atomic mass is 19.1. The summed E-state index contributed by atoms with van der Waals surface area (Å²) in [6.45, 7) is -0.800. The first-order valence-corrected chi connectivity index (χ1v) is 6.85.